The van der Waals surface area contributed by atoms with Crippen LogP contribution in [0.15, 0.2) is 24.3 Å². The lowest BCUT2D eigenvalue weighted by Crippen LogP contribution is -2.56. The van der Waals surface area contributed by atoms with E-state index in [0.717, 1.165) is 25.3 Å². The zero-order valence-electron chi connectivity index (χ0n) is 13.0. The van der Waals surface area contributed by atoms with E-state index >= 15 is 0 Å². The Morgan fingerprint density at radius 2 is 2.19 bits per heavy atom. The van der Waals surface area contributed by atoms with E-state index in [4.69, 9.17) is 4.74 Å². The molecular weight excluding hydrogens is 288 g/mol. The summed E-state index contributed by atoms with van der Waals surface area (Å²) in [6, 6.07) is 8.05. The first-order chi connectivity index (χ1) is 9.61. The van der Waals surface area contributed by atoms with Crippen LogP contribution in [0.25, 0.3) is 0 Å². The molecule has 0 bridgehead atoms. The highest BCUT2D eigenvalue weighted by Crippen LogP contribution is 2.17. The second kappa shape index (κ2) is 8.25. The SMILES string of the molecule is CCCOc1cccc(C(=O)N2CC(C)NCC2C)c1.Cl. The summed E-state index contributed by atoms with van der Waals surface area (Å²) in [6.45, 7) is 8.53. The van der Waals surface area contributed by atoms with Crippen molar-refractivity contribution >= 4 is 18.3 Å². The number of ether oxygens (including phenoxy) is 1. The lowest BCUT2D eigenvalue weighted by Gasteiger charge is -2.37. The van der Waals surface area contributed by atoms with E-state index in [1.807, 2.05) is 29.2 Å². The van der Waals surface area contributed by atoms with Gasteiger partial charge >= 0.3 is 0 Å². The van der Waals surface area contributed by atoms with Crippen LogP contribution in [0.1, 0.15) is 37.6 Å². The van der Waals surface area contributed by atoms with E-state index < -0.39 is 0 Å². The number of piperazine rings is 1. The molecule has 2 unspecified atom stereocenters. The molecular formula is C16H25ClN2O2. The molecule has 0 spiro atoms. The third kappa shape index (κ3) is 4.61. The number of carbonyl (C=O) groups is 1. The fraction of sp³-hybridized carbons (Fsp3) is 0.562. The molecule has 1 saturated heterocycles. The molecule has 1 heterocycles. The number of nitrogens with one attached hydrogen (secondary N) is 1. The number of hydrogen-bond acceptors (Lipinski definition) is 3. The summed E-state index contributed by atoms with van der Waals surface area (Å²) < 4.78 is 5.60. The molecule has 1 fully saturated rings. The molecule has 4 nitrogen and oxygen atoms in total. The van der Waals surface area contributed by atoms with Crippen molar-refractivity contribution in [1.29, 1.82) is 0 Å². The molecule has 1 aromatic carbocycles. The number of benzene rings is 1. The zero-order valence-corrected chi connectivity index (χ0v) is 13.8. The maximum Gasteiger partial charge on any atom is 0.254 e. The minimum Gasteiger partial charge on any atom is -0.494 e. The Morgan fingerprint density at radius 3 is 2.90 bits per heavy atom. The standard InChI is InChI=1S/C16H24N2O2.ClH/c1-4-8-20-15-7-5-6-14(9-15)16(19)18-11-12(2)17-10-13(18)3;/h5-7,9,12-13,17H,4,8,10-11H2,1-3H3;1H. The Hall–Kier alpha value is -1.26. The third-order valence-corrected chi connectivity index (χ3v) is 3.58. The molecule has 0 aliphatic carbocycles. The highest BCUT2D eigenvalue weighted by molar-refractivity contribution is 5.95. The zero-order chi connectivity index (χ0) is 14.5. The van der Waals surface area contributed by atoms with E-state index in [9.17, 15) is 4.79 Å². The molecule has 1 N–H and O–H groups in total. The van der Waals surface area contributed by atoms with E-state index in [1.165, 1.54) is 0 Å². The first-order valence-corrected chi connectivity index (χ1v) is 7.39. The Kier molecular flexibility index (Phi) is 6.99. The van der Waals surface area contributed by atoms with Crippen molar-refractivity contribution in [2.75, 3.05) is 19.7 Å². The lowest BCUT2D eigenvalue weighted by molar-refractivity contribution is 0.0616. The van der Waals surface area contributed by atoms with E-state index in [2.05, 4.69) is 26.1 Å². The summed E-state index contributed by atoms with van der Waals surface area (Å²) in [5.74, 6) is 0.862. The average Bonchev–Trinajstić information content (AvgIpc) is 2.47. The Labute approximate surface area is 133 Å². The van der Waals surface area contributed by atoms with Gasteiger partial charge in [-0.3, -0.25) is 4.79 Å². The average molecular weight is 313 g/mol. The maximum absolute atomic E-state index is 12.6. The number of carbonyl (C=O) groups excluding carboxylic acids is 1. The van der Waals surface area contributed by atoms with Gasteiger partial charge in [-0.1, -0.05) is 13.0 Å². The number of nitrogens with zero attached hydrogens (tertiary/aromatic N) is 1. The van der Waals surface area contributed by atoms with Crippen molar-refractivity contribution in [1.82, 2.24) is 10.2 Å². The number of rotatable bonds is 4. The van der Waals surface area contributed by atoms with Gasteiger partial charge in [-0.05, 0) is 38.5 Å². The van der Waals surface area contributed by atoms with E-state index in [-0.39, 0.29) is 24.4 Å². The largest absolute Gasteiger partial charge is 0.494 e. The first-order valence-electron chi connectivity index (χ1n) is 7.39. The van der Waals surface area contributed by atoms with Crippen LogP contribution in [0, 0.1) is 0 Å². The van der Waals surface area contributed by atoms with Gasteiger partial charge in [-0.25, -0.2) is 0 Å². The fourth-order valence-electron chi connectivity index (χ4n) is 2.41. The van der Waals surface area contributed by atoms with Crippen LogP contribution in [-0.2, 0) is 0 Å². The number of halogens is 1. The highest BCUT2D eigenvalue weighted by Gasteiger charge is 2.27. The van der Waals surface area contributed by atoms with Crippen molar-refractivity contribution in [3.8, 4) is 5.75 Å². The predicted molar refractivity (Wildman–Crippen MR) is 87.4 cm³/mol. The Balaban J connectivity index is 0.00000220. The summed E-state index contributed by atoms with van der Waals surface area (Å²) in [5.41, 5.74) is 0.708. The summed E-state index contributed by atoms with van der Waals surface area (Å²) in [6.07, 6.45) is 0.963. The minimum absolute atomic E-state index is 0. The first kappa shape index (κ1) is 17.8. The van der Waals surface area contributed by atoms with Gasteiger partial charge in [0.1, 0.15) is 5.75 Å². The maximum atomic E-state index is 12.6. The molecule has 1 aromatic rings. The molecule has 1 aliphatic heterocycles. The van der Waals surface area contributed by atoms with Gasteiger partial charge in [0.05, 0.1) is 6.61 Å². The molecule has 2 atom stereocenters. The van der Waals surface area contributed by atoms with Crippen LogP contribution in [0.3, 0.4) is 0 Å². The van der Waals surface area contributed by atoms with Gasteiger partial charge in [0.2, 0.25) is 0 Å². The second-order valence-electron chi connectivity index (χ2n) is 5.49. The van der Waals surface area contributed by atoms with Gasteiger partial charge in [0.15, 0.2) is 0 Å². The van der Waals surface area contributed by atoms with Crippen LogP contribution >= 0.6 is 12.4 Å². The van der Waals surface area contributed by atoms with E-state index in [1.54, 1.807) is 0 Å². The van der Waals surface area contributed by atoms with E-state index in [0.29, 0.717) is 18.2 Å². The van der Waals surface area contributed by atoms with Crippen molar-refractivity contribution < 1.29 is 9.53 Å². The van der Waals surface area contributed by atoms with Crippen LogP contribution in [0.2, 0.25) is 0 Å². The predicted octanol–water partition coefficient (Wildman–Crippen LogP) is 2.72. The van der Waals surface area contributed by atoms with Gasteiger partial charge < -0.3 is 15.0 Å². The topological polar surface area (TPSA) is 41.6 Å². The fourth-order valence-corrected chi connectivity index (χ4v) is 2.41. The molecule has 1 amide bonds. The molecule has 0 aromatic heterocycles. The normalized spacial score (nSPS) is 21.6. The highest BCUT2D eigenvalue weighted by atomic mass is 35.5. The summed E-state index contributed by atoms with van der Waals surface area (Å²) in [4.78, 5) is 14.6. The molecule has 118 valence electrons. The third-order valence-electron chi connectivity index (χ3n) is 3.58. The molecule has 0 saturated carbocycles. The summed E-state index contributed by atoms with van der Waals surface area (Å²) in [5, 5.41) is 3.39. The van der Waals surface area contributed by atoms with Crippen molar-refractivity contribution in [3.05, 3.63) is 29.8 Å². The van der Waals surface area contributed by atoms with Crippen molar-refractivity contribution in [2.24, 2.45) is 0 Å². The molecule has 0 radical (unpaired) electrons. The van der Waals surface area contributed by atoms with Gasteiger partial charge in [-0.15, -0.1) is 12.4 Å². The molecule has 21 heavy (non-hydrogen) atoms. The Morgan fingerprint density at radius 1 is 1.43 bits per heavy atom. The van der Waals surface area contributed by atoms with Crippen molar-refractivity contribution in [2.45, 2.75) is 39.3 Å². The van der Waals surface area contributed by atoms with Gasteiger partial charge in [0.25, 0.3) is 5.91 Å². The smallest absolute Gasteiger partial charge is 0.254 e. The van der Waals surface area contributed by atoms with Gasteiger partial charge in [-0.2, -0.15) is 0 Å². The Bertz CT molecular complexity index is 467. The monoisotopic (exact) mass is 312 g/mol. The molecule has 1 aliphatic rings. The van der Waals surface area contributed by atoms with Crippen LogP contribution in [0.5, 0.6) is 5.75 Å². The quantitative estimate of drug-likeness (QED) is 0.929. The van der Waals surface area contributed by atoms with Gasteiger partial charge in [0, 0.05) is 30.7 Å². The van der Waals surface area contributed by atoms with Crippen LogP contribution in [0.4, 0.5) is 0 Å². The van der Waals surface area contributed by atoms with Crippen LogP contribution < -0.4 is 10.1 Å². The van der Waals surface area contributed by atoms with Crippen molar-refractivity contribution in [3.63, 3.8) is 0 Å². The summed E-state index contributed by atoms with van der Waals surface area (Å²) in [7, 11) is 0. The number of amides is 1. The number of hydrogen-bond donors (Lipinski definition) is 1. The summed E-state index contributed by atoms with van der Waals surface area (Å²) >= 11 is 0. The molecule has 2 rings (SSSR count). The lowest BCUT2D eigenvalue weighted by atomic mass is 10.1. The second-order valence-corrected chi connectivity index (χ2v) is 5.49. The molecule has 5 heteroatoms. The minimum atomic E-state index is 0. The van der Waals surface area contributed by atoms with Crippen LogP contribution in [-0.4, -0.2) is 42.6 Å².